The van der Waals surface area contributed by atoms with Gasteiger partial charge in [-0.1, -0.05) is 0 Å². The third-order valence-electron chi connectivity index (χ3n) is 3.42. The Morgan fingerprint density at radius 1 is 1.32 bits per heavy atom. The summed E-state index contributed by atoms with van der Waals surface area (Å²) in [6.45, 7) is 7.89. The SMILES string of the molecule is COCCN(CC(=O)N1CCNCC1)C(C)COC. The molecule has 1 unspecified atom stereocenters. The highest BCUT2D eigenvalue weighted by Gasteiger charge is 2.22. The molecule has 1 N–H and O–H groups in total. The summed E-state index contributed by atoms with van der Waals surface area (Å²) in [4.78, 5) is 16.3. The van der Waals surface area contributed by atoms with Crippen LogP contribution in [0, 0.1) is 0 Å². The molecule has 112 valence electrons. The van der Waals surface area contributed by atoms with Crippen LogP contribution in [-0.2, 0) is 14.3 Å². The first-order chi connectivity index (χ1) is 9.19. The summed E-state index contributed by atoms with van der Waals surface area (Å²) in [6, 6.07) is 0.215. The van der Waals surface area contributed by atoms with E-state index in [0.29, 0.717) is 19.8 Å². The Morgan fingerprint density at radius 2 is 2.00 bits per heavy atom. The van der Waals surface area contributed by atoms with Gasteiger partial charge in [-0.25, -0.2) is 0 Å². The van der Waals surface area contributed by atoms with Crippen LogP contribution in [0.25, 0.3) is 0 Å². The fourth-order valence-corrected chi connectivity index (χ4v) is 2.20. The minimum absolute atomic E-state index is 0.195. The lowest BCUT2D eigenvalue weighted by molar-refractivity contribution is -0.134. The average Bonchev–Trinajstić information content (AvgIpc) is 2.44. The Bertz CT molecular complexity index is 258. The van der Waals surface area contributed by atoms with Crippen LogP contribution in [0.4, 0.5) is 0 Å². The molecule has 1 aliphatic rings. The second-order valence-corrected chi connectivity index (χ2v) is 4.90. The number of rotatable bonds is 8. The van der Waals surface area contributed by atoms with Crippen molar-refractivity contribution in [1.29, 1.82) is 0 Å². The molecule has 6 nitrogen and oxygen atoms in total. The molecule has 1 amide bonds. The molecule has 1 atom stereocenters. The molecule has 0 aliphatic carbocycles. The van der Waals surface area contributed by atoms with Crippen molar-refractivity contribution in [2.24, 2.45) is 0 Å². The van der Waals surface area contributed by atoms with Gasteiger partial charge < -0.3 is 19.7 Å². The molecule has 0 bridgehead atoms. The number of hydrogen-bond donors (Lipinski definition) is 1. The smallest absolute Gasteiger partial charge is 0.236 e. The van der Waals surface area contributed by atoms with Crippen LogP contribution in [-0.4, -0.2) is 88.5 Å². The van der Waals surface area contributed by atoms with E-state index in [9.17, 15) is 4.79 Å². The first-order valence-electron chi connectivity index (χ1n) is 6.89. The summed E-state index contributed by atoms with van der Waals surface area (Å²) in [7, 11) is 3.36. The van der Waals surface area contributed by atoms with Gasteiger partial charge in [0.2, 0.25) is 5.91 Å². The number of ether oxygens (including phenoxy) is 2. The van der Waals surface area contributed by atoms with Crippen LogP contribution in [0.1, 0.15) is 6.92 Å². The Morgan fingerprint density at radius 3 is 2.58 bits per heavy atom. The minimum Gasteiger partial charge on any atom is -0.383 e. The summed E-state index contributed by atoms with van der Waals surface area (Å²) < 4.78 is 10.3. The molecule has 1 heterocycles. The van der Waals surface area contributed by atoms with Crippen molar-refractivity contribution in [2.45, 2.75) is 13.0 Å². The Kier molecular flexibility index (Phi) is 7.97. The van der Waals surface area contributed by atoms with E-state index < -0.39 is 0 Å². The second-order valence-electron chi connectivity index (χ2n) is 4.90. The zero-order valence-electron chi connectivity index (χ0n) is 12.4. The summed E-state index contributed by atoms with van der Waals surface area (Å²) in [5, 5.41) is 3.25. The van der Waals surface area contributed by atoms with Crippen LogP contribution in [0.15, 0.2) is 0 Å². The highest BCUT2D eigenvalue weighted by atomic mass is 16.5. The number of amides is 1. The molecule has 0 aromatic rings. The molecule has 1 fully saturated rings. The van der Waals surface area contributed by atoms with Gasteiger partial charge in [0.15, 0.2) is 0 Å². The second kappa shape index (κ2) is 9.25. The number of methoxy groups -OCH3 is 2. The first kappa shape index (κ1) is 16.4. The normalized spacial score (nSPS) is 17.8. The largest absolute Gasteiger partial charge is 0.383 e. The van der Waals surface area contributed by atoms with E-state index in [4.69, 9.17) is 9.47 Å². The van der Waals surface area contributed by atoms with E-state index in [0.717, 1.165) is 32.7 Å². The number of piperazine rings is 1. The van der Waals surface area contributed by atoms with Crippen molar-refractivity contribution in [3.8, 4) is 0 Å². The van der Waals surface area contributed by atoms with Crippen molar-refractivity contribution in [3.63, 3.8) is 0 Å². The number of nitrogens with one attached hydrogen (secondary N) is 1. The topological polar surface area (TPSA) is 54.0 Å². The van der Waals surface area contributed by atoms with Gasteiger partial charge in [-0.05, 0) is 6.92 Å². The van der Waals surface area contributed by atoms with Gasteiger partial charge in [0, 0.05) is 53.0 Å². The Balaban J connectivity index is 2.46. The van der Waals surface area contributed by atoms with Crippen LogP contribution >= 0.6 is 0 Å². The third-order valence-corrected chi connectivity index (χ3v) is 3.42. The van der Waals surface area contributed by atoms with Crippen LogP contribution in [0.3, 0.4) is 0 Å². The molecule has 1 saturated heterocycles. The maximum absolute atomic E-state index is 12.3. The van der Waals surface area contributed by atoms with E-state index in [1.807, 2.05) is 4.90 Å². The van der Waals surface area contributed by atoms with Crippen molar-refractivity contribution >= 4 is 5.91 Å². The predicted octanol–water partition coefficient (Wildman–Crippen LogP) is -0.598. The molecule has 0 saturated carbocycles. The predicted molar refractivity (Wildman–Crippen MR) is 74.2 cm³/mol. The summed E-state index contributed by atoms with van der Waals surface area (Å²) >= 11 is 0. The van der Waals surface area contributed by atoms with Gasteiger partial charge in [-0.2, -0.15) is 0 Å². The van der Waals surface area contributed by atoms with Crippen molar-refractivity contribution < 1.29 is 14.3 Å². The zero-order valence-corrected chi connectivity index (χ0v) is 12.4. The van der Waals surface area contributed by atoms with Crippen molar-refractivity contribution in [3.05, 3.63) is 0 Å². The van der Waals surface area contributed by atoms with Gasteiger partial charge in [0.25, 0.3) is 0 Å². The van der Waals surface area contributed by atoms with E-state index in [1.54, 1.807) is 14.2 Å². The van der Waals surface area contributed by atoms with E-state index >= 15 is 0 Å². The highest BCUT2D eigenvalue weighted by Crippen LogP contribution is 2.03. The lowest BCUT2D eigenvalue weighted by atomic mass is 10.2. The molecular formula is C13H27N3O3. The summed E-state index contributed by atoms with van der Waals surface area (Å²) in [6.07, 6.45) is 0. The van der Waals surface area contributed by atoms with E-state index in [1.165, 1.54) is 0 Å². The van der Waals surface area contributed by atoms with Gasteiger partial charge in [0.1, 0.15) is 0 Å². The van der Waals surface area contributed by atoms with Gasteiger partial charge in [-0.15, -0.1) is 0 Å². The van der Waals surface area contributed by atoms with Crippen LogP contribution in [0.2, 0.25) is 0 Å². The van der Waals surface area contributed by atoms with Crippen LogP contribution < -0.4 is 5.32 Å². The molecule has 0 radical (unpaired) electrons. The molecule has 0 spiro atoms. The number of carbonyl (C=O) groups excluding carboxylic acids is 1. The van der Waals surface area contributed by atoms with Gasteiger partial charge in [0.05, 0.1) is 19.8 Å². The maximum atomic E-state index is 12.3. The van der Waals surface area contributed by atoms with Gasteiger partial charge in [-0.3, -0.25) is 9.69 Å². The highest BCUT2D eigenvalue weighted by molar-refractivity contribution is 5.78. The van der Waals surface area contributed by atoms with E-state index in [2.05, 4.69) is 17.1 Å². The molecular weight excluding hydrogens is 246 g/mol. The number of nitrogens with zero attached hydrogens (tertiary/aromatic N) is 2. The fourth-order valence-electron chi connectivity index (χ4n) is 2.20. The lowest BCUT2D eigenvalue weighted by Crippen LogP contribution is -2.51. The quantitative estimate of drug-likeness (QED) is 0.640. The molecule has 6 heteroatoms. The molecule has 0 aromatic carbocycles. The van der Waals surface area contributed by atoms with Crippen molar-refractivity contribution in [1.82, 2.24) is 15.1 Å². The Hall–Kier alpha value is -0.690. The van der Waals surface area contributed by atoms with Gasteiger partial charge >= 0.3 is 0 Å². The fraction of sp³-hybridized carbons (Fsp3) is 0.923. The summed E-state index contributed by atoms with van der Waals surface area (Å²) in [5.41, 5.74) is 0. The Labute approximate surface area is 116 Å². The first-order valence-corrected chi connectivity index (χ1v) is 6.89. The summed E-state index contributed by atoms with van der Waals surface area (Å²) in [5.74, 6) is 0.195. The molecule has 0 aromatic heterocycles. The standard InChI is InChI=1S/C13H27N3O3/c1-12(11-19-3)16(8-9-18-2)10-13(17)15-6-4-14-5-7-15/h12,14H,4-11H2,1-3H3. The molecule has 1 aliphatic heterocycles. The van der Waals surface area contributed by atoms with Crippen LogP contribution in [0.5, 0.6) is 0 Å². The monoisotopic (exact) mass is 273 g/mol. The van der Waals surface area contributed by atoms with Crippen molar-refractivity contribution in [2.75, 3.05) is 66.7 Å². The molecule has 19 heavy (non-hydrogen) atoms. The zero-order chi connectivity index (χ0) is 14.1. The van der Waals surface area contributed by atoms with E-state index in [-0.39, 0.29) is 11.9 Å². The number of carbonyl (C=O) groups is 1. The maximum Gasteiger partial charge on any atom is 0.236 e. The molecule has 1 rings (SSSR count). The lowest BCUT2D eigenvalue weighted by Gasteiger charge is -2.32. The third kappa shape index (κ3) is 5.86. The number of hydrogen-bond acceptors (Lipinski definition) is 5. The average molecular weight is 273 g/mol. The minimum atomic E-state index is 0.195.